The lowest BCUT2D eigenvalue weighted by Crippen LogP contribution is -2.44. The predicted octanol–water partition coefficient (Wildman–Crippen LogP) is 2.14. The van der Waals surface area contributed by atoms with Gasteiger partial charge >= 0.3 is 5.97 Å². The Morgan fingerprint density at radius 1 is 1.06 bits per heavy atom. The third-order valence-electron chi connectivity index (χ3n) is 6.33. The SMILES string of the molecule is COC(=O)C[C@@H]1C[C@@H](COc2ccc(-c3ccc(C(=N)N)cc3)cc2)N(OC)C12C(=O)C2=O.Cl. The van der Waals surface area contributed by atoms with Gasteiger partial charge in [0.1, 0.15) is 18.2 Å². The van der Waals surface area contributed by atoms with Gasteiger partial charge in [-0.1, -0.05) is 36.4 Å². The number of ether oxygens (including phenoxy) is 2. The van der Waals surface area contributed by atoms with E-state index in [0.29, 0.717) is 17.7 Å². The van der Waals surface area contributed by atoms with E-state index in [2.05, 4.69) is 0 Å². The average Bonchev–Trinajstić information content (AvgIpc) is 3.22. The fourth-order valence-corrected chi connectivity index (χ4v) is 4.60. The topological polar surface area (TPSA) is 132 Å². The van der Waals surface area contributed by atoms with Crippen LogP contribution in [0.5, 0.6) is 5.75 Å². The Hall–Kier alpha value is -3.27. The van der Waals surface area contributed by atoms with E-state index in [-0.39, 0.29) is 37.3 Å². The van der Waals surface area contributed by atoms with Gasteiger partial charge in [0.2, 0.25) is 11.6 Å². The van der Waals surface area contributed by atoms with Gasteiger partial charge in [-0.15, -0.1) is 12.4 Å². The molecule has 4 rings (SSSR count). The van der Waals surface area contributed by atoms with E-state index < -0.39 is 29.0 Å². The van der Waals surface area contributed by atoms with Crippen LogP contribution in [0, 0.1) is 11.3 Å². The summed E-state index contributed by atoms with van der Waals surface area (Å²) >= 11 is 0. The number of halogens is 1. The Bertz CT molecular complexity index is 1090. The first-order valence-electron chi connectivity index (χ1n) is 10.5. The van der Waals surface area contributed by atoms with Gasteiger partial charge in [-0.2, -0.15) is 5.06 Å². The van der Waals surface area contributed by atoms with Gasteiger partial charge in [0.15, 0.2) is 5.54 Å². The molecular formula is C24H26ClN3O6. The number of hydrogen-bond acceptors (Lipinski definition) is 8. The van der Waals surface area contributed by atoms with Crippen LogP contribution in [-0.2, 0) is 24.0 Å². The molecule has 1 heterocycles. The molecular weight excluding hydrogens is 462 g/mol. The number of nitrogens with zero attached hydrogens (tertiary/aromatic N) is 1. The van der Waals surface area contributed by atoms with Gasteiger partial charge < -0.3 is 20.0 Å². The van der Waals surface area contributed by atoms with Crippen LogP contribution in [0.3, 0.4) is 0 Å². The maximum atomic E-state index is 12.3. The zero-order chi connectivity index (χ0) is 23.8. The molecule has 1 saturated heterocycles. The van der Waals surface area contributed by atoms with E-state index in [1.54, 1.807) is 12.1 Å². The summed E-state index contributed by atoms with van der Waals surface area (Å²) in [4.78, 5) is 41.8. The first-order chi connectivity index (χ1) is 15.8. The minimum Gasteiger partial charge on any atom is -0.492 e. The van der Waals surface area contributed by atoms with Crippen LogP contribution in [-0.4, -0.2) is 60.8 Å². The fourth-order valence-electron chi connectivity index (χ4n) is 4.60. The van der Waals surface area contributed by atoms with E-state index in [0.717, 1.165) is 11.1 Å². The minimum atomic E-state index is -1.41. The Morgan fingerprint density at radius 3 is 2.09 bits per heavy atom. The molecule has 2 fully saturated rings. The van der Waals surface area contributed by atoms with Crippen LogP contribution in [0.4, 0.5) is 0 Å². The van der Waals surface area contributed by atoms with Crippen molar-refractivity contribution in [3.63, 3.8) is 0 Å². The van der Waals surface area contributed by atoms with Gasteiger partial charge in [-0.25, -0.2) is 0 Å². The molecule has 2 aliphatic rings. The third kappa shape index (κ3) is 4.29. The van der Waals surface area contributed by atoms with Crippen LogP contribution in [0.25, 0.3) is 11.1 Å². The van der Waals surface area contributed by atoms with Crippen LogP contribution in [0.1, 0.15) is 18.4 Å². The molecule has 0 aromatic heterocycles. The predicted molar refractivity (Wildman–Crippen MR) is 126 cm³/mol. The standard InChI is InChI=1S/C24H25N3O6.ClH/c1-31-20(28)12-17-11-18(27(32-2)24(17)21(29)22(24)30)13-33-19-9-7-15(8-10-19)14-3-5-16(6-4-14)23(25)26;/h3-10,17-18H,11-13H2,1-2H3,(H3,25,26);1H/t17-,18-;/m0./s1. The number of amidine groups is 1. The molecule has 0 amide bonds. The molecule has 180 valence electrons. The molecule has 1 saturated carbocycles. The summed E-state index contributed by atoms with van der Waals surface area (Å²) in [6.45, 7) is 0.181. The molecule has 2 atom stereocenters. The number of hydrogen-bond donors (Lipinski definition) is 2. The second-order valence-electron chi connectivity index (χ2n) is 8.13. The first kappa shape index (κ1) is 25.4. The highest BCUT2D eigenvalue weighted by Gasteiger charge is 2.78. The Labute approximate surface area is 203 Å². The molecule has 2 aromatic carbocycles. The second kappa shape index (κ2) is 9.92. The zero-order valence-electron chi connectivity index (χ0n) is 18.8. The molecule has 1 aliphatic carbocycles. The number of nitrogen functional groups attached to an aromatic ring is 1. The van der Waals surface area contributed by atoms with Crippen LogP contribution in [0.2, 0.25) is 0 Å². The highest BCUT2D eigenvalue weighted by molar-refractivity contribution is 6.67. The van der Waals surface area contributed by atoms with Crippen molar-refractivity contribution in [3.05, 3.63) is 54.1 Å². The van der Waals surface area contributed by atoms with Crippen LogP contribution >= 0.6 is 12.4 Å². The quantitative estimate of drug-likeness (QED) is 0.190. The van der Waals surface area contributed by atoms with Gasteiger partial charge in [0.25, 0.3) is 0 Å². The summed E-state index contributed by atoms with van der Waals surface area (Å²) in [5, 5.41) is 8.86. The monoisotopic (exact) mass is 487 g/mol. The number of nitrogens with one attached hydrogen (secondary N) is 1. The number of Topliss-reactive ketones (excluding diaryl/α,β-unsaturated/α-hetero) is 2. The van der Waals surface area contributed by atoms with Crippen LogP contribution < -0.4 is 10.5 Å². The number of rotatable bonds is 8. The lowest BCUT2D eigenvalue weighted by molar-refractivity contribution is -0.188. The number of esters is 1. The molecule has 0 bridgehead atoms. The Morgan fingerprint density at radius 2 is 1.62 bits per heavy atom. The largest absolute Gasteiger partial charge is 0.492 e. The van der Waals surface area contributed by atoms with Crippen molar-refractivity contribution < 1.29 is 28.7 Å². The van der Waals surface area contributed by atoms with E-state index in [1.807, 2.05) is 36.4 Å². The van der Waals surface area contributed by atoms with Crippen molar-refractivity contribution in [1.29, 1.82) is 5.41 Å². The smallest absolute Gasteiger partial charge is 0.305 e. The maximum Gasteiger partial charge on any atom is 0.305 e. The summed E-state index contributed by atoms with van der Waals surface area (Å²) in [6.07, 6.45) is 0.350. The summed E-state index contributed by atoms with van der Waals surface area (Å²) in [7, 11) is 2.68. The van der Waals surface area contributed by atoms with Gasteiger partial charge in [-0.05, 0) is 29.7 Å². The molecule has 1 spiro atoms. The maximum absolute atomic E-state index is 12.3. The van der Waals surface area contributed by atoms with Crippen LogP contribution in [0.15, 0.2) is 48.5 Å². The number of methoxy groups -OCH3 is 1. The second-order valence-corrected chi connectivity index (χ2v) is 8.13. The van der Waals surface area contributed by atoms with E-state index in [4.69, 9.17) is 25.5 Å². The summed E-state index contributed by atoms with van der Waals surface area (Å²) < 4.78 is 10.7. The van der Waals surface area contributed by atoms with Crippen molar-refractivity contribution in [3.8, 4) is 16.9 Å². The molecule has 2 aromatic rings. The molecule has 0 radical (unpaired) electrons. The lowest BCUT2D eigenvalue weighted by atomic mass is 9.93. The van der Waals surface area contributed by atoms with E-state index in [1.165, 1.54) is 19.3 Å². The number of ketones is 2. The van der Waals surface area contributed by atoms with E-state index in [9.17, 15) is 14.4 Å². The minimum absolute atomic E-state index is 0. The van der Waals surface area contributed by atoms with Gasteiger partial charge in [-0.3, -0.25) is 19.8 Å². The summed E-state index contributed by atoms with van der Waals surface area (Å²) in [5.41, 5.74) is 6.70. The normalized spacial score (nSPS) is 20.6. The third-order valence-corrected chi connectivity index (χ3v) is 6.33. The number of benzene rings is 2. The van der Waals surface area contributed by atoms with Gasteiger partial charge in [0.05, 0.1) is 26.7 Å². The van der Waals surface area contributed by atoms with Crippen molar-refractivity contribution in [2.45, 2.75) is 24.4 Å². The first-order valence-corrected chi connectivity index (χ1v) is 10.5. The number of nitrogens with two attached hydrogens (primary N) is 1. The molecule has 3 N–H and O–H groups in total. The fraction of sp³-hybridized carbons (Fsp3) is 0.333. The number of carbonyl (C=O) groups is 3. The lowest BCUT2D eigenvalue weighted by Gasteiger charge is -2.26. The average molecular weight is 488 g/mol. The number of hydroxylamine groups is 2. The Kier molecular flexibility index (Phi) is 7.40. The van der Waals surface area contributed by atoms with Gasteiger partial charge in [0, 0.05) is 11.5 Å². The highest BCUT2D eigenvalue weighted by Crippen LogP contribution is 2.51. The molecule has 34 heavy (non-hydrogen) atoms. The highest BCUT2D eigenvalue weighted by atomic mass is 35.5. The van der Waals surface area contributed by atoms with Crippen molar-refractivity contribution in [2.75, 3.05) is 20.8 Å². The summed E-state index contributed by atoms with van der Waals surface area (Å²) in [5.74, 6) is -1.43. The molecule has 0 unspecified atom stereocenters. The van der Waals surface area contributed by atoms with Crippen molar-refractivity contribution >= 4 is 35.8 Å². The molecule has 1 aliphatic heterocycles. The molecule has 9 nitrogen and oxygen atoms in total. The van der Waals surface area contributed by atoms with Crippen molar-refractivity contribution in [1.82, 2.24) is 5.06 Å². The van der Waals surface area contributed by atoms with Crippen molar-refractivity contribution in [2.24, 2.45) is 11.7 Å². The summed E-state index contributed by atoms with van der Waals surface area (Å²) in [6, 6.07) is 14.5. The molecule has 10 heteroatoms. The number of carbonyl (C=O) groups excluding carboxylic acids is 3. The Balaban J connectivity index is 0.00000324. The zero-order valence-corrected chi connectivity index (χ0v) is 19.6. The van der Waals surface area contributed by atoms with E-state index >= 15 is 0 Å².